The number of methoxy groups -OCH3 is 1. The van der Waals surface area contributed by atoms with E-state index in [0.717, 1.165) is 18.5 Å². The van der Waals surface area contributed by atoms with Crippen molar-refractivity contribution in [3.05, 3.63) is 23.3 Å². The Hall–Kier alpha value is -1.73. The van der Waals surface area contributed by atoms with Crippen LogP contribution in [0.4, 0.5) is 0 Å². The smallest absolute Gasteiger partial charge is 0.175 e. The molecule has 15 heavy (non-hydrogen) atoms. The number of aromatic hydroxyl groups is 1. The number of likely N-dealkylation sites (N-methyl/N-ethyl adjacent to an activating group) is 1. The monoisotopic (exact) mass is 206 g/mol. The molecule has 1 aromatic carbocycles. The molecule has 4 nitrogen and oxygen atoms in total. The minimum atomic E-state index is -0.0896. The third-order valence-corrected chi connectivity index (χ3v) is 2.14. The van der Waals surface area contributed by atoms with Gasteiger partial charge in [-0.1, -0.05) is 0 Å². The summed E-state index contributed by atoms with van der Waals surface area (Å²) >= 11 is 0. The molecule has 0 atom stereocenters. The van der Waals surface area contributed by atoms with Crippen LogP contribution in [0.15, 0.2) is 12.1 Å². The van der Waals surface area contributed by atoms with Crippen LogP contribution in [0.2, 0.25) is 0 Å². The van der Waals surface area contributed by atoms with Gasteiger partial charge in [-0.3, -0.25) is 0 Å². The predicted octanol–water partition coefficient (Wildman–Crippen LogP) is 1.03. The first-order valence-electron chi connectivity index (χ1n) is 4.67. The zero-order valence-corrected chi connectivity index (χ0v) is 8.87. The Morgan fingerprint density at radius 2 is 2.27 bits per heavy atom. The van der Waals surface area contributed by atoms with E-state index in [1.165, 1.54) is 7.11 Å². The lowest BCUT2D eigenvalue weighted by Crippen LogP contribution is -2.10. The van der Waals surface area contributed by atoms with Gasteiger partial charge in [0.2, 0.25) is 0 Å². The van der Waals surface area contributed by atoms with Crippen molar-refractivity contribution in [3.63, 3.8) is 0 Å². The number of nitrogens with zero attached hydrogens (tertiary/aromatic N) is 1. The third-order valence-electron chi connectivity index (χ3n) is 2.14. The fourth-order valence-electron chi connectivity index (χ4n) is 1.32. The Morgan fingerprint density at radius 3 is 2.80 bits per heavy atom. The molecule has 0 radical (unpaired) electrons. The first kappa shape index (κ1) is 11.3. The van der Waals surface area contributed by atoms with E-state index in [4.69, 9.17) is 10.00 Å². The van der Waals surface area contributed by atoms with E-state index in [-0.39, 0.29) is 11.3 Å². The second kappa shape index (κ2) is 5.23. The summed E-state index contributed by atoms with van der Waals surface area (Å²) in [6, 6.07) is 5.36. The Bertz CT molecular complexity index is 383. The summed E-state index contributed by atoms with van der Waals surface area (Å²) < 4.78 is 4.99. The number of phenolic OH excluding ortho intramolecular Hbond substituents is 1. The maximum Gasteiger partial charge on any atom is 0.175 e. The number of hydrogen-bond donors (Lipinski definition) is 2. The topological polar surface area (TPSA) is 65.3 Å². The molecule has 0 saturated carbocycles. The number of benzene rings is 1. The standard InChI is InChI=1S/C11H14N2O2/c1-13-4-3-8-5-9(7-12)11(14)10(6-8)15-2/h5-6,13-14H,3-4H2,1-2H3. The van der Waals surface area contributed by atoms with Gasteiger partial charge in [0.15, 0.2) is 11.5 Å². The van der Waals surface area contributed by atoms with E-state index in [0.29, 0.717) is 5.75 Å². The van der Waals surface area contributed by atoms with Gasteiger partial charge in [-0.25, -0.2) is 0 Å². The normalized spacial score (nSPS) is 9.67. The summed E-state index contributed by atoms with van der Waals surface area (Å²) in [5.41, 5.74) is 1.22. The highest BCUT2D eigenvalue weighted by Crippen LogP contribution is 2.30. The van der Waals surface area contributed by atoms with Gasteiger partial charge in [-0.2, -0.15) is 5.26 Å². The molecule has 0 spiro atoms. The molecule has 0 saturated heterocycles. The molecule has 80 valence electrons. The Balaban J connectivity index is 3.05. The molecule has 0 aliphatic carbocycles. The van der Waals surface area contributed by atoms with Crippen LogP contribution in [0.5, 0.6) is 11.5 Å². The van der Waals surface area contributed by atoms with Crippen molar-refractivity contribution >= 4 is 0 Å². The summed E-state index contributed by atoms with van der Waals surface area (Å²) in [5.74, 6) is 0.258. The summed E-state index contributed by atoms with van der Waals surface area (Å²) in [6.45, 7) is 0.818. The molecule has 1 rings (SSSR count). The number of nitrogens with one attached hydrogen (secondary N) is 1. The summed E-state index contributed by atoms with van der Waals surface area (Å²) in [4.78, 5) is 0. The predicted molar refractivity (Wildman–Crippen MR) is 57.0 cm³/mol. The van der Waals surface area contributed by atoms with Crippen molar-refractivity contribution < 1.29 is 9.84 Å². The fourth-order valence-corrected chi connectivity index (χ4v) is 1.32. The number of rotatable bonds is 4. The first-order chi connectivity index (χ1) is 7.22. The molecular weight excluding hydrogens is 192 g/mol. The first-order valence-corrected chi connectivity index (χ1v) is 4.67. The zero-order valence-electron chi connectivity index (χ0n) is 8.87. The van der Waals surface area contributed by atoms with Crippen molar-refractivity contribution in [1.29, 1.82) is 5.26 Å². The van der Waals surface area contributed by atoms with Crippen LogP contribution < -0.4 is 10.1 Å². The average Bonchev–Trinajstić information content (AvgIpc) is 2.27. The maximum atomic E-state index is 9.58. The lowest BCUT2D eigenvalue weighted by molar-refractivity contribution is 0.372. The highest BCUT2D eigenvalue weighted by Gasteiger charge is 2.09. The van der Waals surface area contributed by atoms with E-state index >= 15 is 0 Å². The molecule has 0 fully saturated rings. The third kappa shape index (κ3) is 2.61. The molecule has 0 bridgehead atoms. The molecule has 0 unspecified atom stereocenters. The fraction of sp³-hybridized carbons (Fsp3) is 0.364. The zero-order chi connectivity index (χ0) is 11.3. The van der Waals surface area contributed by atoms with Crippen LogP contribution in [-0.2, 0) is 6.42 Å². The van der Waals surface area contributed by atoms with Crippen molar-refractivity contribution in [1.82, 2.24) is 5.32 Å². The van der Waals surface area contributed by atoms with E-state index < -0.39 is 0 Å². The lowest BCUT2D eigenvalue weighted by Gasteiger charge is -2.08. The molecule has 0 aliphatic rings. The van der Waals surface area contributed by atoms with Crippen LogP contribution in [0.25, 0.3) is 0 Å². The van der Waals surface area contributed by atoms with E-state index in [9.17, 15) is 5.11 Å². The second-order valence-corrected chi connectivity index (χ2v) is 3.16. The van der Waals surface area contributed by atoms with Crippen LogP contribution in [0.3, 0.4) is 0 Å². The van der Waals surface area contributed by atoms with Gasteiger partial charge < -0.3 is 15.2 Å². The van der Waals surface area contributed by atoms with E-state index in [2.05, 4.69) is 5.32 Å². The average molecular weight is 206 g/mol. The molecular formula is C11H14N2O2. The second-order valence-electron chi connectivity index (χ2n) is 3.16. The number of hydrogen-bond acceptors (Lipinski definition) is 4. The van der Waals surface area contributed by atoms with Crippen molar-refractivity contribution in [2.75, 3.05) is 20.7 Å². The quantitative estimate of drug-likeness (QED) is 0.772. The molecule has 0 amide bonds. The minimum absolute atomic E-state index is 0.0896. The van der Waals surface area contributed by atoms with Crippen LogP contribution in [0.1, 0.15) is 11.1 Å². The van der Waals surface area contributed by atoms with Crippen LogP contribution in [0, 0.1) is 11.3 Å². The molecule has 4 heteroatoms. The SMILES string of the molecule is CNCCc1cc(C#N)c(O)c(OC)c1. The highest BCUT2D eigenvalue weighted by atomic mass is 16.5. The maximum absolute atomic E-state index is 9.58. The van der Waals surface area contributed by atoms with Crippen molar-refractivity contribution in [2.45, 2.75) is 6.42 Å². The molecule has 0 aliphatic heterocycles. The highest BCUT2D eigenvalue weighted by molar-refractivity contribution is 5.53. The van der Waals surface area contributed by atoms with Crippen LogP contribution >= 0.6 is 0 Å². The van der Waals surface area contributed by atoms with Gasteiger partial charge in [-0.15, -0.1) is 0 Å². The number of nitriles is 1. The van der Waals surface area contributed by atoms with Gasteiger partial charge in [0.1, 0.15) is 6.07 Å². The van der Waals surface area contributed by atoms with Crippen molar-refractivity contribution in [3.8, 4) is 17.6 Å². The van der Waals surface area contributed by atoms with Gasteiger partial charge >= 0.3 is 0 Å². The summed E-state index contributed by atoms with van der Waals surface area (Å²) in [5, 5.41) is 21.4. The molecule has 0 aromatic heterocycles. The lowest BCUT2D eigenvalue weighted by atomic mass is 10.1. The molecule has 1 aromatic rings. The minimum Gasteiger partial charge on any atom is -0.503 e. The van der Waals surface area contributed by atoms with E-state index in [1.807, 2.05) is 13.1 Å². The van der Waals surface area contributed by atoms with E-state index in [1.54, 1.807) is 12.1 Å². The van der Waals surface area contributed by atoms with Gasteiger partial charge in [-0.05, 0) is 37.7 Å². The Kier molecular flexibility index (Phi) is 3.95. The van der Waals surface area contributed by atoms with Gasteiger partial charge in [0, 0.05) is 0 Å². The Labute approximate surface area is 89.1 Å². The molecule has 0 heterocycles. The van der Waals surface area contributed by atoms with Gasteiger partial charge in [0.25, 0.3) is 0 Å². The largest absolute Gasteiger partial charge is 0.503 e. The molecule has 2 N–H and O–H groups in total. The van der Waals surface area contributed by atoms with Gasteiger partial charge in [0.05, 0.1) is 12.7 Å². The Morgan fingerprint density at radius 1 is 1.53 bits per heavy atom. The number of ether oxygens (including phenoxy) is 1. The van der Waals surface area contributed by atoms with Crippen molar-refractivity contribution in [2.24, 2.45) is 0 Å². The number of phenols is 1. The summed E-state index contributed by atoms with van der Waals surface area (Å²) in [7, 11) is 3.33. The summed E-state index contributed by atoms with van der Waals surface area (Å²) in [6.07, 6.45) is 0.793. The van der Waals surface area contributed by atoms with Crippen LogP contribution in [-0.4, -0.2) is 25.8 Å².